The van der Waals surface area contributed by atoms with Gasteiger partial charge < -0.3 is 48.3 Å². The van der Waals surface area contributed by atoms with Gasteiger partial charge in [0, 0.05) is 31.2 Å². The second-order valence-electron chi connectivity index (χ2n) is 8.02. The lowest BCUT2D eigenvalue weighted by Crippen LogP contribution is -2.57. The molecule has 0 saturated heterocycles. The molecule has 1 rings (SSSR count). The van der Waals surface area contributed by atoms with E-state index in [1.165, 1.54) is 12.5 Å². The Morgan fingerprint density at radius 1 is 0.838 bits per heavy atom. The third-order valence-electron chi connectivity index (χ3n) is 4.94. The van der Waals surface area contributed by atoms with Gasteiger partial charge in [-0.05, 0) is 12.8 Å². The number of aromatic nitrogens is 2. The van der Waals surface area contributed by atoms with E-state index in [4.69, 9.17) is 22.3 Å². The summed E-state index contributed by atoms with van der Waals surface area (Å²) in [6.45, 7) is 0. The van der Waals surface area contributed by atoms with Crippen molar-refractivity contribution in [3.8, 4) is 0 Å². The Kier molecular flexibility index (Phi) is 12.2. The van der Waals surface area contributed by atoms with Crippen LogP contribution in [0.5, 0.6) is 0 Å². The Bertz CT molecular complexity index is 998. The van der Waals surface area contributed by atoms with E-state index in [0.717, 1.165) is 0 Å². The van der Waals surface area contributed by atoms with E-state index in [0.29, 0.717) is 5.69 Å². The van der Waals surface area contributed by atoms with E-state index in [-0.39, 0.29) is 19.3 Å². The van der Waals surface area contributed by atoms with Crippen molar-refractivity contribution in [1.29, 1.82) is 0 Å². The average molecular weight is 527 g/mol. The van der Waals surface area contributed by atoms with Crippen molar-refractivity contribution >= 4 is 41.5 Å². The van der Waals surface area contributed by atoms with Gasteiger partial charge in [0.1, 0.15) is 18.1 Å². The SMILES string of the molecule is NC(=O)CCC(NC(=O)C(N)CC(N)=O)C(=O)NC(CCC(=O)O)C(=O)NC(Cc1cnc[nH]1)C(=O)O. The number of aliphatic carboxylic acids is 2. The Balaban J connectivity index is 3.04. The number of carboxylic acid groups (broad SMARTS) is 2. The number of carbonyl (C=O) groups excluding carboxylic acids is 5. The van der Waals surface area contributed by atoms with Crippen LogP contribution in [-0.2, 0) is 40.0 Å². The molecule has 0 radical (unpaired) electrons. The molecule has 0 fully saturated rings. The fourth-order valence-corrected chi connectivity index (χ4v) is 3.04. The van der Waals surface area contributed by atoms with Crippen LogP contribution in [0.15, 0.2) is 12.5 Å². The molecule has 0 aliphatic rings. The third kappa shape index (κ3) is 11.6. The fourth-order valence-electron chi connectivity index (χ4n) is 3.04. The monoisotopic (exact) mass is 526 g/mol. The molecule has 17 nitrogen and oxygen atoms in total. The molecule has 12 N–H and O–H groups in total. The summed E-state index contributed by atoms with van der Waals surface area (Å²) in [7, 11) is 0. The van der Waals surface area contributed by atoms with Gasteiger partial charge in [0.2, 0.25) is 29.5 Å². The Morgan fingerprint density at radius 3 is 1.84 bits per heavy atom. The molecule has 37 heavy (non-hydrogen) atoms. The molecule has 1 aromatic heterocycles. The van der Waals surface area contributed by atoms with Crippen LogP contribution >= 0.6 is 0 Å². The summed E-state index contributed by atoms with van der Waals surface area (Å²) in [4.78, 5) is 89.4. The highest BCUT2D eigenvalue weighted by Gasteiger charge is 2.31. The standard InChI is InChI=1S/C20H30N8O9/c21-10(6-15(23)30)17(33)26-11(1-3-14(22)29)18(34)27-12(2-4-16(31)32)19(35)28-13(20(36)37)5-9-7-24-8-25-9/h7-8,10-13H,1-6,21H2,(H2,22,29)(H2,23,30)(H,24,25)(H,26,33)(H,27,34)(H,28,35)(H,31,32)(H,36,37). The molecule has 0 aromatic carbocycles. The lowest BCUT2D eigenvalue weighted by Gasteiger charge is -2.24. The summed E-state index contributed by atoms with van der Waals surface area (Å²) in [6, 6.07) is -5.85. The number of H-pyrrole nitrogens is 1. The normalized spacial score (nSPS) is 13.9. The Morgan fingerprint density at radius 2 is 1.38 bits per heavy atom. The van der Waals surface area contributed by atoms with Crippen molar-refractivity contribution in [1.82, 2.24) is 25.9 Å². The summed E-state index contributed by atoms with van der Waals surface area (Å²) in [5.74, 6) is -7.36. The number of amides is 5. The number of nitrogens with two attached hydrogens (primary N) is 3. The van der Waals surface area contributed by atoms with Crippen molar-refractivity contribution in [2.75, 3.05) is 0 Å². The molecule has 0 spiro atoms. The van der Waals surface area contributed by atoms with Crippen molar-refractivity contribution in [3.63, 3.8) is 0 Å². The highest BCUT2D eigenvalue weighted by Crippen LogP contribution is 2.06. The topological polar surface area (TPSA) is 303 Å². The van der Waals surface area contributed by atoms with E-state index < -0.39 is 84.9 Å². The number of carbonyl (C=O) groups is 7. The second-order valence-corrected chi connectivity index (χ2v) is 8.02. The highest BCUT2D eigenvalue weighted by atomic mass is 16.4. The first-order valence-corrected chi connectivity index (χ1v) is 10.9. The number of hydrogen-bond acceptors (Lipinski definition) is 9. The maximum absolute atomic E-state index is 12.9. The smallest absolute Gasteiger partial charge is 0.326 e. The average Bonchev–Trinajstić information content (AvgIpc) is 3.30. The Labute approximate surface area is 209 Å². The molecule has 17 heteroatoms. The van der Waals surface area contributed by atoms with Gasteiger partial charge in [0.05, 0.1) is 18.8 Å². The molecule has 0 aliphatic carbocycles. The predicted octanol–water partition coefficient (Wildman–Crippen LogP) is -4.18. The second kappa shape index (κ2) is 14.8. The molecule has 5 amide bonds. The number of rotatable bonds is 17. The number of carboxylic acids is 2. The first-order valence-electron chi connectivity index (χ1n) is 10.9. The summed E-state index contributed by atoms with van der Waals surface area (Å²) in [6.07, 6.45) is 0.256. The van der Waals surface area contributed by atoms with E-state index in [9.17, 15) is 38.7 Å². The quantitative estimate of drug-likeness (QED) is 0.0937. The van der Waals surface area contributed by atoms with Gasteiger partial charge in [0.25, 0.3) is 0 Å². The number of aromatic amines is 1. The summed E-state index contributed by atoms with van der Waals surface area (Å²) in [5.41, 5.74) is 16.1. The van der Waals surface area contributed by atoms with Crippen LogP contribution < -0.4 is 33.2 Å². The zero-order valence-electron chi connectivity index (χ0n) is 19.6. The molecule has 0 bridgehead atoms. The predicted molar refractivity (Wildman–Crippen MR) is 123 cm³/mol. The van der Waals surface area contributed by atoms with Gasteiger partial charge in [-0.3, -0.25) is 28.8 Å². The van der Waals surface area contributed by atoms with Gasteiger partial charge in [-0.25, -0.2) is 9.78 Å². The van der Waals surface area contributed by atoms with Gasteiger partial charge in [-0.1, -0.05) is 0 Å². The van der Waals surface area contributed by atoms with E-state index >= 15 is 0 Å². The van der Waals surface area contributed by atoms with Crippen molar-refractivity contribution in [2.45, 2.75) is 62.7 Å². The minimum Gasteiger partial charge on any atom is -0.481 e. The first-order chi connectivity index (χ1) is 17.3. The largest absolute Gasteiger partial charge is 0.481 e. The Hall–Kier alpha value is -4.54. The zero-order valence-corrected chi connectivity index (χ0v) is 19.6. The van der Waals surface area contributed by atoms with Crippen molar-refractivity contribution in [3.05, 3.63) is 18.2 Å². The maximum atomic E-state index is 12.9. The van der Waals surface area contributed by atoms with Crippen molar-refractivity contribution in [2.24, 2.45) is 17.2 Å². The van der Waals surface area contributed by atoms with Crippen LogP contribution in [0.3, 0.4) is 0 Å². The number of hydrogen-bond donors (Lipinski definition) is 9. The first kappa shape index (κ1) is 30.5. The van der Waals surface area contributed by atoms with Crippen LogP contribution in [-0.4, -0.2) is 85.8 Å². The zero-order chi connectivity index (χ0) is 28.1. The highest BCUT2D eigenvalue weighted by molar-refractivity contribution is 5.95. The molecule has 1 aromatic rings. The van der Waals surface area contributed by atoms with Crippen LogP contribution in [0.4, 0.5) is 0 Å². The van der Waals surface area contributed by atoms with Gasteiger partial charge in [-0.2, -0.15) is 0 Å². The molecule has 4 atom stereocenters. The lowest BCUT2D eigenvalue weighted by atomic mass is 10.1. The number of imidazole rings is 1. The summed E-state index contributed by atoms with van der Waals surface area (Å²) < 4.78 is 0. The van der Waals surface area contributed by atoms with E-state index in [2.05, 4.69) is 25.9 Å². The van der Waals surface area contributed by atoms with Gasteiger partial charge >= 0.3 is 11.9 Å². The number of primary amides is 2. The summed E-state index contributed by atoms with van der Waals surface area (Å²) >= 11 is 0. The minimum absolute atomic E-state index is 0.185. The third-order valence-corrected chi connectivity index (χ3v) is 4.94. The molecule has 0 aliphatic heterocycles. The molecule has 0 saturated carbocycles. The molecule has 4 unspecified atom stereocenters. The van der Waals surface area contributed by atoms with E-state index in [1.807, 2.05) is 0 Å². The van der Waals surface area contributed by atoms with Crippen LogP contribution in [0.2, 0.25) is 0 Å². The molecule has 204 valence electrons. The number of nitrogens with zero attached hydrogens (tertiary/aromatic N) is 1. The van der Waals surface area contributed by atoms with Crippen LogP contribution in [0.25, 0.3) is 0 Å². The van der Waals surface area contributed by atoms with Gasteiger partial charge in [0.15, 0.2) is 0 Å². The maximum Gasteiger partial charge on any atom is 0.326 e. The summed E-state index contributed by atoms with van der Waals surface area (Å²) in [5, 5.41) is 25.2. The molecule has 1 heterocycles. The van der Waals surface area contributed by atoms with E-state index in [1.54, 1.807) is 0 Å². The van der Waals surface area contributed by atoms with Gasteiger partial charge in [-0.15, -0.1) is 0 Å². The molecular weight excluding hydrogens is 496 g/mol. The van der Waals surface area contributed by atoms with Crippen LogP contribution in [0, 0.1) is 0 Å². The number of nitrogens with one attached hydrogen (secondary N) is 4. The van der Waals surface area contributed by atoms with Crippen LogP contribution in [0.1, 0.15) is 37.8 Å². The lowest BCUT2D eigenvalue weighted by molar-refractivity contribution is -0.143. The molecular formula is C20H30N8O9. The fraction of sp³-hybridized carbons (Fsp3) is 0.500. The minimum atomic E-state index is -1.53. The van der Waals surface area contributed by atoms with Crippen molar-refractivity contribution < 1.29 is 43.8 Å².